The predicted octanol–water partition coefficient (Wildman–Crippen LogP) is 3.69. The van der Waals surface area contributed by atoms with Crippen LogP contribution in [0.3, 0.4) is 0 Å². The van der Waals surface area contributed by atoms with Crippen molar-refractivity contribution in [1.29, 1.82) is 0 Å². The molecule has 1 aliphatic carbocycles. The lowest BCUT2D eigenvalue weighted by Gasteiger charge is -2.13. The fourth-order valence-electron chi connectivity index (χ4n) is 2.32. The Hall–Kier alpha value is -1.23. The van der Waals surface area contributed by atoms with Crippen LogP contribution in [0.1, 0.15) is 31.2 Å². The topological polar surface area (TPSA) is 21.3 Å². The van der Waals surface area contributed by atoms with Crippen LogP contribution in [0.4, 0.5) is 13.2 Å². The van der Waals surface area contributed by atoms with Gasteiger partial charge in [0, 0.05) is 0 Å². The van der Waals surface area contributed by atoms with Crippen molar-refractivity contribution in [1.82, 2.24) is 5.32 Å². The van der Waals surface area contributed by atoms with Gasteiger partial charge in [-0.25, -0.2) is 0 Å². The van der Waals surface area contributed by atoms with Crippen molar-refractivity contribution in [2.45, 2.75) is 32.0 Å². The second-order valence-corrected chi connectivity index (χ2v) is 4.89. The maximum atomic E-state index is 12.3. The smallest absolute Gasteiger partial charge is 0.405 e. The van der Waals surface area contributed by atoms with Gasteiger partial charge in [0.05, 0.1) is 0 Å². The second-order valence-electron chi connectivity index (χ2n) is 4.89. The lowest BCUT2D eigenvalue weighted by Crippen LogP contribution is -2.19. The third-order valence-electron chi connectivity index (χ3n) is 3.30. The summed E-state index contributed by atoms with van der Waals surface area (Å²) in [6.45, 7) is 3.90. The van der Waals surface area contributed by atoms with E-state index in [1.54, 1.807) is 18.2 Å². The number of alkyl halides is 3. The first kappa shape index (κ1) is 14.2. The number of hydrogen-bond acceptors (Lipinski definition) is 2. The average Bonchev–Trinajstić information content (AvgIpc) is 3.07. The molecule has 1 N–H and O–H groups in total. The number of hydrogen-bond donors (Lipinski definition) is 1. The van der Waals surface area contributed by atoms with Crippen molar-refractivity contribution in [2.24, 2.45) is 5.92 Å². The standard InChI is InChI=1S/C14H18F3NO/c1-2-7-18-9-10-8-12(10)11-5-3-4-6-13(11)19-14(15,16)17/h3-6,10,12,18H,2,7-9H2,1H3. The van der Waals surface area contributed by atoms with E-state index in [1.807, 2.05) is 0 Å². The molecule has 1 aromatic carbocycles. The molecule has 0 heterocycles. The van der Waals surface area contributed by atoms with E-state index in [0.717, 1.165) is 25.9 Å². The van der Waals surface area contributed by atoms with Crippen LogP contribution in [0.5, 0.6) is 5.75 Å². The first-order valence-corrected chi connectivity index (χ1v) is 6.56. The van der Waals surface area contributed by atoms with Gasteiger partial charge in [0.1, 0.15) is 5.75 Å². The molecular formula is C14H18F3NO. The zero-order chi connectivity index (χ0) is 13.9. The molecule has 0 aromatic heterocycles. The number of para-hydroxylation sites is 1. The summed E-state index contributed by atoms with van der Waals surface area (Å²) in [6.07, 6.45) is -2.64. The molecule has 1 aliphatic rings. The second kappa shape index (κ2) is 5.82. The summed E-state index contributed by atoms with van der Waals surface area (Å²) in [7, 11) is 0. The zero-order valence-corrected chi connectivity index (χ0v) is 10.8. The highest BCUT2D eigenvalue weighted by Gasteiger charge is 2.41. The highest BCUT2D eigenvalue weighted by molar-refractivity contribution is 5.39. The number of rotatable bonds is 6. The largest absolute Gasteiger partial charge is 0.573 e. The van der Waals surface area contributed by atoms with Gasteiger partial charge in [-0.05, 0) is 49.4 Å². The molecule has 19 heavy (non-hydrogen) atoms. The van der Waals surface area contributed by atoms with Crippen LogP contribution in [0.25, 0.3) is 0 Å². The van der Waals surface area contributed by atoms with E-state index in [4.69, 9.17) is 0 Å². The first-order chi connectivity index (χ1) is 9.01. The van der Waals surface area contributed by atoms with Crippen LogP contribution in [-0.4, -0.2) is 19.5 Å². The van der Waals surface area contributed by atoms with Gasteiger partial charge in [-0.15, -0.1) is 13.2 Å². The lowest BCUT2D eigenvalue weighted by atomic mass is 10.1. The minimum atomic E-state index is -4.62. The molecule has 0 saturated heterocycles. The lowest BCUT2D eigenvalue weighted by molar-refractivity contribution is -0.274. The highest BCUT2D eigenvalue weighted by Crippen LogP contribution is 2.50. The minimum Gasteiger partial charge on any atom is -0.405 e. The molecule has 2 nitrogen and oxygen atoms in total. The Labute approximate surface area is 111 Å². The highest BCUT2D eigenvalue weighted by atomic mass is 19.4. The molecule has 2 rings (SSSR count). The molecule has 0 spiro atoms. The van der Waals surface area contributed by atoms with Crippen molar-refractivity contribution in [3.8, 4) is 5.75 Å². The maximum absolute atomic E-state index is 12.3. The van der Waals surface area contributed by atoms with E-state index in [-0.39, 0.29) is 11.7 Å². The Balaban J connectivity index is 1.98. The molecular weight excluding hydrogens is 255 g/mol. The summed E-state index contributed by atoms with van der Waals surface area (Å²) in [5.41, 5.74) is 0.670. The van der Waals surface area contributed by atoms with Crippen LogP contribution in [0, 0.1) is 5.92 Å². The third kappa shape index (κ3) is 4.13. The van der Waals surface area contributed by atoms with Crippen molar-refractivity contribution in [2.75, 3.05) is 13.1 Å². The van der Waals surface area contributed by atoms with Crippen molar-refractivity contribution < 1.29 is 17.9 Å². The summed E-state index contributed by atoms with van der Waals surface area (Å²) in [4.78, 5) is 0. The van der Waals surface area contributed by atoms with Gasteiger partial charge in [-0.1, -0.05) is 25.1 Å². The van der Waals surface area contributed by atoms with Crippen LogP contribution < -0.4 is 10.1 Å². The molecule has 0 amide bonds. The van der Waals surface area contributed by atoms with Gasteiger partial charge in [-0.2, -0.15) is 0 Å². The summed E-state index contributed by atoms with van der Waals surface area (Å²) in [5, 5.41) is 3.30. The van der Waals surface area contributed by atoms with Gasteiger partial charge >= 0.3 is 6.36 Å². The Kier molecular flexibility index (Phi) is 4.34. The Morgan fingerprint density at radius 3 is 2.74 bits per heavy atom. The molecule has 0 aliphatic heterocycles. The quantitative estimate of drug-likeness (QED) is 0.798. The fourth-order valence-corrected chi connectivity index (χ4v) is 2.32. The van der Waals surface area contributed by atoms with Crippen LogP contribution in [-0.2, 0) is 0 Å². The van der Waals surface area contributed by atoms with Gasteiger partial charge in [0.2, 0.25) is 0 Å². The zero-order valence-electron chi connectivity index (χ0n) is 10.8. The third-order valence-corrected chi connectivity index (χ3v) is 3.30. The van der Waals surface area contributed by atoms with Gasteiger partial charge in [0.15, 0.2) is 0 Å². The van der Waals surface area contributed by atoms with Crippen molar-refractivity contribution in [3.05, 3.63) is 29.8 Å². The van der Waals surface area contributed by atoms with Gasteiger partial charge in [0.25, 0.3) is 0 Å². The van der Waals surface area contributed by atoms with E-state index in [2.05, 4.69) is 17.0 Å². The molecule has 0 radical (unpaired) electrons. The summed E-state index contributed by atoms with van der Waals surface area (Å²) >= 11 is 0. The van der Waals surface area contributed by atoms with Gasteiger partial charge in [-0.3, -0.25) is 0 Å². The Morgan fingerprint density at radius 2 is 2.05 bits per heavy atom. The Morgan fingerprint density at radius 1 is 1.32 bits per heavy atom. The SMILES string of the molecule is CCCNCC1CC1c1ccccc1OC(F)(F)F. The summed E-state index contributed by atoms with van der Waals surface area (Å²) in [5.74, 6) is 0.547. The number of nitrogens with one attached hydrogen (secondary N) is 1. The van der Waals surface area contributed by atoms with Crippen molar-refractivity contribution in [3.63, 3.8) is 0 Å². The molecule has 1 fully saturated rings. The molecule has 2 unspecified atom stereocenters. The number of halogens is 3. The van der Waals surface area contributed by atoms with Crippen LogP contribution in [0.2, 0.25) is 0 Å². The number of benzene rings is 1. The van der Waals surface area contributed by atoms with Crippen molar-refractivity contribution >= 4 is 0 Å². The first-order valence-electron chi connectivity index (χ1n) is 6.56. The van der Waals surface area contributed by atoms with Gasteiger partial charge < -0.3 is 10.1 Å². The molecule has 1 saturated carbocycles. The minimum absolute atomic E-state index is 0.0574. The van der Waals surface area contributed by atoms with Crippen LogP contribution in [0.15, 0.2) is 24.3 Å². The number of ether oxygens (including phenoxy) is 1. The maximum Gasteiger partial charge on any atom is 0.573 e. The summed E-state index contributed by atoms with van der Waals surface area (Å²) < 4.78 is 41.0. The predicted molar refractivity (Wildman–Crippen MR) is 67.1 cm³/mol. The Bertz CT molecular complexity index is 419. The average molecular weight is 273 g/mol. The summed E-state index contributed by atoms with van der Waals surface area (Å²) in [6, 6.07) is 6.44. The van der Waals surface area contributed by atoms with E-state index in [9.17, 15) is 13.2 Å². The molecule has 106 valence electrons. The van der Waals surface area contributed by atoms with E-state index >= 15 is 0 Å². The fraction of sp³-hybridized carbons (Fsp3) is 0.571. The monoisotopic (exact) mass is 273 g/mol. The van der Waals surface area contributed by atoms with E-state index < -0.39 is 6.36 Å². The molecule has 1 aromatic rings. The van der Waals surface area contributed by atoms with E-state index in [0.29, 0.717) is 11.5 Å². The normalized spacial score (nSPS) is 22.3. The van der Waals surface area contributed by atoms with E-state index in [1.165, 1.54) is 6.07 Å². The molecule has 2 atom stereocenters. The molecule has 5 heteroatoms. The van der Waals surface area contributed by atoms with Crippen LogP contribution >= 0.6 is 0 Å². The molecule has 0 bridgehead atoms.